The zero-order valence-electron chi connectivity index (χ0n) is 16.8. The lowest BCUT2D eigenvalue weighted by atomic mass is 10.2. The van der Waals surface area contributed by atoms with E-state index in [1.165, 1.54) is 29.6 Å². The number of carbonyl (C=O) groups is 1. The first kappa shape index (κ1) is 22.2. The molecule has 2 aromatic carbocycles. The number of ether oxygens (including phenoxy) is 2. The van der Waals surface area contributed by atoms with E-state index in [-0.39, 0.29) is 17.2 Å². The van der Waals surface area contributed by atoms with E-state index in [9.17, 15) is 13.2 Å². The van der Waals surface area contributed by atoms with E-state index >= 15 is 0 Å². The summed E-state index contributed by atoms with van der Waals surface area (Å²) in [7, 11) is -2.30. The Kier molecular flexibility index (Phi) is 7.06. The van der Waals surface area contributed by atoms with Gasteiger partial charge in [0.15, 0.2) is 0 Å². The number of anilines is 2. The summed E-state index contributed by atoms with van der Waals surface area (Å²) >= 11 is 6.06. The minimum Gasteiger partial charge on any atom is -0.495 e. The summed E-state index contributed by atoms with van der Waals surface area (Å²) in [6.07, 6.45) is -0.680. The molecule has 0 spiro atoms. The van der Waals surface area contributed by atoms with Crippen LogP contribution in [0.2, 0.25) is 5.02 Å². The van der Waals surface area contributed by atoms with E-state index in [4.69, 9.17) is 21.1 Å². The predicted octanol–water partition coefficient (Wildman–Crippen LogP) is 3.43. The second-order valence-corrected chi connectivity index (χ2v) is 8.95. The van der Waals surface area contributed by atoms with Crippen molar-refractivity contribution in [2.45, 2.75) is 11.8 Å². The fourth-order valence-corrected chi connectivity index (χ4v) is 4.86. The molecule has 1 amide bonds. The van der Waals surface area contributed by atoms with Gasteiger partial charge in [0.05, 0.1) is 24.3 Å². The van der Waals surface area contributed by atoms with E-state index in [0.29, 0.717) is 37.0 Å². The number of halogens is 1. The fourth-order valence-electron chi connectivity index (χ4n) is 3.23. The standard InChI is InChI=1S/C20H24ClN3O5S/c1-3-29-20(25)22-18-14-17(7-8-19(18)28-2)30(26,27)24-11-9-23(10-12-24)16-6-4-5-15(21)13-16/h4-8,13-14H,3,9-12H2,1-2H3,(H,22,25). The normalized spacial score (nSPS) is 15.0. The van der Waals surface area contributed by atoms with E-state index in [0.717, 1.165) is 5.69 Å². The van der Waals surface area contributed by atoms with Gasteiger partial charge in [-0.1, -0.05) is 17.7 Å². The molecular formula is C20H24ClN3O5S. The van der Waals surface area contributed by atoms with Crippen molar-refractivity contribution < 1.29 is 22.7 Å². The average Bonchev–Trinajstić information content (AvgIpc) is 2.74. The number of hydrogen-bond donors (Lipinski definition) is 1. The van der Waals surface area contributed by atoms with Gasteiger partial charge in [-0.2, -0.15) is 4.31 Å². The molecular weight excluding hydrogens is 430 g/mol. The van der Waals surface area contributed by atoms with Crippen LogP contribution >= 0.6 is 11.6 Å². The number of hydrogen-bond acceptors (Lipinski definition) is 6. The highest BCUT2D eigenvalue weighted by atomic mass is 35.5. The maximum atomic E-state index is 13.1. The van der Waals surface area contributed by atoms with Crippen molar-refractivity contribution in [1.29, 1.82) is 0 Å². The Labute approximate surface area is 181 Å². The maximum Gasteiger partial charge on any atom is 0.411 e. The third-order valence-corrected chi connectivity index (χ3v) is 6.86. The van der Waals surface area contributed by atoms with Crippen LogP contribution in [0.25, 0.3) is 0 Å². The lowest BCUT2D eigenvalue weighted by Crippen LogP contribution is -2.48. The smallest absolute Gasteiger partial charge is 0.411 e. The topological polar surface area (TPSA) is 88.2 Å². The van der Waals surface area contributed by atoms with Gasteiger partial charge in [-0.05, 0) is 43.3 Å². The third-order valence-electron chi connectivity index (χ3n) is 4.73. The number of nitrogens with one attached hydrogen (secondary N) is 1. The third kappa shape index (κ3) is 4.97. The Bertz CT molecular complexity index is 1010. The van der Waals surface area contributed by atoms with Crippen molar-refractivity contribution in [3.8, 4) is 5.75 Å². The van der Waals surface area contributed by atoms with Gasteiger partial charge in [0.2, 0.25) is 10.0 Å². The maximum absolute atomic E-state index is 13.1. The summed E-state index contributed by atoms with van der Waals surface area (Å²) in [5, 5.41) is 3.16. The van der Waals surface area contributed by atoms with Crippen LogP contribution in [0.4, 0.5) is 16.2 Å². The summed E-state index contributed by atoms with van der Waals surface area (Å²) in [5.41, 5.74) is 1.19. The van der Waals surface area contributed by atoms with E-state index in [2.05, 4.69) is 10.2 Å². The van der Waals surface area contributed by atoms with Crippen molar-refractivity contribution in [1.82, 2.24) is 4.31 Å². The predicted molar refractivity (Wildman–Crippen MR) is 116 cm³/mol. The molecule has 30 heavy (non-hydrogen) atoms. The van der Waals surface area contributed by atoms with Crippen LogP contribution in [0.1, 0.15) is 6.92 Å². The first-order valence-electron chi connectivity index (χ1n) is 9.47. The van der Waals surface area contributed by atoms with Crippen LogP contribution in [0, 0.1) is 0 Å². The molecule has 8 nitrogen and oxygen atoms in total. The van der Waals surface area contributed by atoms with E-state index < -0.39 is 16.1 Å². The highest BCUT2D eigenvalue weighted by molar-refractivity contribution is 7.89. The Morgan fingerprint density at radius 3 is 2.50 bits per heavy atom. The Morgan fingerprint density at radius 1 is 1.13 bits per heavy atom. The molecule has 2 aromatic rings. The summed E-state index contributed by atoms with van der Waals surface area (Å²) in [5.74, 6) is 0.341. The molecule has 0 bridgehead atoms. The van der Waals surface area contributed by atoms with Crippen LogP contribution in [0.15, 0.2) is 47.4 Å². The second kappa shape index (κ2) is 9.55. The highest BCUT2D eigenvalue weighted by Gasteiger charge is 2.29. The molecule has 162 valence electrons. The molecule has 1 fully saturated rings. The summed E-state index contributed by atoms with van der Waals surface area (Å²) in [6, 6.07) is 11.8. The number of piperazine rings is 1. The van der Waals surface area contributed by atoms with Crippen molar-refractivity contribution >= 4 is 39.1 Å². The molecule has 0 radical (unpaired) electrons. The SMILES string of the molecule is CCOC(=O)Nc1cc(S(=O)(=O)N2CCN(c3cccc(Cl)c3)CC2)ccc1OC. The Balaban J connectivity index is 1.76. The van der Waals surface area contributed by atoms with Crippen molar-refractivity contribution in [2.24, 2.45) is 0 Å². The quantitative estimate of drug-likeness (QED) is 0.720. The fraction of sp³-hybridized carbons (Fsp3) is 0.350. The summed E-state index contributed by atoms with van der Waals surface area (Å²) < 4.78 is 37.8. The van der Waals surface area contributed by atoms with Crippen LogP contribution in [0.5, 0.6) is 5.75 Å². The van der Waals surface area contributed by atoms with Crippen LogP contribution in [0.3, 0.4) is 0 Å². The first-order chi connectivity index (χ1) is 14.3. The molecule has 1 heterocycles. The molecule has 1 aliphatic rings. The van der Waals surface area contributed by atoms with Gasteiger partial charge in [0.25, 0.3) is 0 Å². The Hall–Kier alpha value is -2.49. The highest BCUT2D eigenvalue weighted by Crippen LogP contribution is 2.30. The number of rotatable bonds is 6. The van der Waals surface area contributed by atoms with Crippen molar-refractivity contribution in [2.75, 3.05) is 50.1 Å². The number of sulfonamides is 1. The zero-order valence-corrected chi connectivity index (χ0v) is 18.4. The van der Waals surface area contributed by atoms with Gasteiger partial charge in [0, 0.05) is 36.9 Å². The summed E-state index contributed by atoms with van der Waals surface area (Å²) in [4.78, 5) is 13.9. The average molecular weight is 454 g/mol. The minimum atomic E-state index is -3.74. The van der Waals surface area contributed by atoms with Gasteiger partial charge in [-0.25, -0.2) is 13.2 Å². The summed E-state index contributed by atoms with van der Waals surface area (Å²) in [6.45, 7) is 3.64. The van der Waals surface area contributed by atoms with Gasteiger partial charge in [0.1, 0.15) is 5.75 Å². The van der Waals surface area contributed by atoms with Crippen molar-refractivity contribution in [3.63, 3.8) is 0 Å². The van der Waals surface area contributed by atoms with Crippen molar-refractivity contribution in [3.05, 3.63) is 47.5 Å². The van der Waals surface area contributed by atoms with Gasteiger partial charge >= 0.3 is 6.09 Å². The molecule has 0 unspecified atom stereocenters. The lowest BCUT2D eigenvalue weighted by Gasteiger charge is -2.35. The number of amides is 1. The lowest BCUT2D eigenvalue weighted by molar-refractivity contribution is 0.168. The second-order valence-electron chi connectivity index (χ2n) is 6.58. The molecule has 1 saturated heterocycles. The molecule has 0 saturated carbocycles. The Morgan fingerprint density at radius 2 is 1.87 bits per heavy atom. The van der Waals surface area contributed by atoms with Crippen LogP contribution in [-0.4, -0.2) is 58.7 Å². The van der Waals surface area contributed by atoms with E-state index in [1.54, 1.807) is 13.0 Å². The molecule has 0 aliphatic carbocycles. The molecule has 1 aliphatic heterocycles. The largest absolute Gasteiger partial charge is 0.495 e. The van der Waals surface area contributed by atoms with Gasteiger partial charge < -0.3 is 14.4 Å². The monoisotopic (exact) mass is 453 g/mol. The molecule has 10 heteroatoms. The van der Waals surface area contributed by atoms with Gasteiger partial charge in [-0.3, -0.25) is 5.32 Å². The number of methoxy groups -OCH3 is 1. The molecule has 0 aromatic heterocycles. The first-order valence-corrected chi connectivity index (χ1v) is 11.3. The minimum absolute atomic E-state index is 0.0753. The van der Waals surface area contributed by atoms with Crippen LogP contribution in [-0.2, 0) is 14.8 Å². The van der Waals surface area contributed by atoms with Crippen LogP contribution < -0.4 is 15.0 Å². The molecule has 0 atom stereocenters. The zero-order chi connectivity index (χ0) is 21.7. The number of carbonyl (C=O) groups excluding carboxylic acids is 1. The molecule has 1 N–H and O–H groups in total. The van der Waals surface area contributed by atoms with E-state index in [1.807, 2.05) is 18.2 Å². The molecule has 3 rings (SSSR count). The number of nitrogens with zero attached hydrogens (tertiary/aromatic N) is 2. The number of benzene rings is 2. The van der Waals surface area contributed by atoms with Gasteiger partial charge in [-0.15, -0.1) is 0 Å².